The molecule has 0 aliphatic heterocycles. The van der Waals surface area contributed by atoms with Crippen molar-refractivity contribution in [1.29, 1.82) is 0 Å². The number of Topliss-reactive ketones (excluding diaryl/α,β-unsaturated/α-hetero) is 4. The van der Waals surface area contributed by atoms with E-state index in [1.54, 1.807) is 32.9 Å². The van der Waals surface area contributed by atoms with Gasteiger partial charge in [0.25, 0.3) is 6.92 Å². The fourth-order valence-electron chi connectivity index (χ4n) is 6.81. The molecule has 0 aliphatic rings. The van der Waals surface area contributed by atoms with Gasteiger partial charge in [0, 0.05) is 50.6 Å². The topological polar surface area (TPSA) is 230 Å². The predicted molar refractivity (Wildman–Crippen MR) is 231 cm³/mol. The smallest absolute Gasteiger partial charge is 0.289 e. The average molecular weight is 833 g/mol. The van der Waals surface area contributed by atoms with Crippen molar-refractivity contribution in [3.8, 4) is 11.1 Å². The van der Waals surface area contributed by atoms with Crippen LogP contribution >= 0.6 is 0 Å². The van der Waals surface area contributed by atoms with Crippen molar-refractivity contribution >= 4 is 53.7 Å². The van der Waals surface area contributed by atoms with E-state index >= 15 is 0 Å². The normalized spacial score (nSPS) is 14.2. The molecule has 0 fully saturated rings. The Hall–Kier alpha value is -5.02. The summed E-state index contributed by atoms with van der Waals surface area (Å²) >= 11 is 0. The summed E-state index contributed by atoms with van der Waals surface area (Å²) in [7, 11) is 1.43. The molecule has 0 heterocycles. The molecule has 2 rings (SSSR count). The zero-order valence-corrected chi connectivity index (χ0v) is 36.5. The van der Waals surface area contributed by atoms with Crippen LogP contribution in [0, 0.1) is 17.8 Å². The standard InChI is InChI=1S/C45H65BN4O10/c1-9-10-11-31-12-14-32(15-13-31)33-16-18-34(19-17-33)38(53)24-35(26-51)45(59)48-30(6)37(52)20-21-42(57)50(8)43(27(2)3)40(55)22-28(4)44(58)49-36(25-41(47)56)39(54)23-29(5)46(7)60/h12-19,27-30,35-36,43,51,60H,9-11,20-26H2,1-8H3,(H2,47,56)(H,48,59)(H,49,58)/t28-,29-,30-,35-,36+,43+/m1/s1. The number of nitrogens with one attached hydrogen (secondary N) is 2. The molecule has 0 bridgehead atoms. The fourth-order valence-corrected chi connectivity index (χ4v) is 6.81. The van der Waals surface area contributed by atoms with E-state index in [2.05, 4.69) is 29.7 Å². The van der Waals surface area contributed by atoms with Crippen LogP contribution in [0.2, 0.25) is 12.6 Å². The van der Waals surface area contributed by atoms with Crippen molar-refractivity contribution in [1.82, 2.24) is 15.5 Å². The summed E-state index contributed by atoms with van der Waals surface area (Å²) in [6, 6.07) is 12.1. The number of rotatable bonds is 27. The highest BCUT2D eigenvalue weighted by atomic mass is 16.3. The van der Waals surface area contributed by atoms with Crippen LogP contribution in [0.5, 0.6) is 0 Å². The molecule has 0 unspecified atom stereocenters. The quantitative estimate of drug-likeness (QED) is 0.0638. The molecule has 0 aliphatic carbocycles. The van der Waals surface area contributed by atoms with Gasteiger partial charge in [-0.1, -0.05) is 96.4 Å². The molecule has 2 aromatic carbocycles. The minimum absolute atomic E-state index is 0.102. The fraction of sp³-hybridized carbons (Fsp3) is 0.556. The Morgan fingerprint density at radius 2 is 1.33 bits per heavy atom. The summed E-state index contributed by atoms with van der Waals surface area (Å²) in [6.07, 6.45) is 1.61. The molecule has 0 spiro atoms. The van der Waals surface area contributed by atoms with Crippen LogP contribution in [0.1, 0.15) is 109 Å². The predicted octanol–water partition coefficient (Wildman–Crippen LogP) is 4.13. The molecule has 14 nitrogen and oxygen atoms in total. The number of aryl methyl sites for hydroxylation is 1. The first kappa shape index (κ1) is 51.1. The lowest BCUT2D eigenvalue weighted by atomic mass is 9.58. The van der Waals surface area contributed by atoms with Gasteiger partial charge in [0.1, 0.15) is 0 Å². The second-order valence-corrected chi connectivity index (χ2v) is 16.5. The van der Waals surface area contributed by atoms with Gasteiger partial charge in [-0.25, -0.2) is 0 Å². The number of ketones is 4. The van der Waals surface area contributed by atoms with Crippen LogP contribution in [-0.2, 0) is 40.0 Å². The maximum absolute atomic E-state index is 13.5. The maximum atomic E-state index is 13.5. The number of amides is 4. The number of likely N-dealkylation sites (N-methyl/N-ethyl adjacent to an activating group) is 1. The molecule has 6 N–H and O–H groups in total. The first-order valence-corrected chi connectivity index (χ1v) is 20.9. The monoisotopic (exact) mass is 832 g/mol. The largest absolute Gasteiger partial charge is 0.450 e. The highest BCUT2D eigenvalue weighted by Gasteiger charge is 2.34. The van der Waals surface area contributed by atoms with Gasteiger partial charge >= 0.3 is 0 Å². The van der Waals surface area contributed by atoms with E-state index in [0.29, 0.717) is 5.56 Å². The number of hydrogen-bond donors (Lipinski definition) is 5. The molecule has 15 heteroatoms. The molecular formula is C45H65BN4O10. The number of unbranched alkanes of at least 4 members (excludes halogenated alkanes) is 1. The van der Waals surface area contributed by atoms with Crippen molar-refractivity contribution in [2.45, 2.75) is 130 Å². The SMILES string of the molecule is CCCCc1ccc(-c2ccc(C(=O)C[C@H](CO)C(=O)N[C@H](C)C(=O)CCC(=O)N(C)[C@H](C(=O)C[C@@H](C)C(=O)N[C@@H](CC(N)=O)C(=O)C[C@@H](C)B(C)O)C(C)C)cc2)cc1. The number of nitrogens with zero attached hydrogens (tertiary/aromatic N) is 1. The van der Waals surface area contributed by atoms with Gasteiger partial charge in [-0.2, -0.15) is 0 Å². The molecule has 0 saturated heterocycles. The molecule has 6 atom stereocenters. The van der Waals surface area contributed by atoms with Crippen LogP contribution in [0.4, 0.5) is 0 Å². The van der Waals surface area contributed by atoms with Crippen molar-refractivity contribution in [3.63, 3.8) is 0 Å². The number of aliphatic hydroxyl groups is 1. The Bertz CT molecular complexity index is 1800. The number of primary amides is 1. The highest BCUT2D eigenvalue weighted by Crippen LogP contribution is 2.23. The number of aliphatic hydroxyl groups excluding tert-OH is 1. The molecule has 0 aromatic heterocycles. The number of benzene rings is 2. The Kier molecular flexibility index (Phi) is 21.2. The van der Waals surface area contributed by atoms with Gasteiger partial charge in [0.2, 0.25) is 23.6 Å². The summed E-state index contributed by atoms with van der Waals surface area (Å²) in [5.41, 5.74) is 8.90. The van der Waals surface area contributed by atoms with E-state index in [0.717, 1.165) is 30.4 Å². The lowest BCUT2D eigenvalue weighted by molar-refractivity contribution is -0.141. The number of hydrogen-bond acceptors (Lipinski definition) is 10. The lowest BCUT2D eigenvalue weighted by Crippen LogP contribution is -2.49. The van der Waals surface area contributed by atoms with E-state index in [-0.39, 0.29) is 43.8 Å². The highest BCUT2D eigenvalue weighted by molar-refractivity contribution is 6.50. The molecular weight excluding hydrogens is 767 g/mol. The van der Waals surface area contributed by atoms with Crippen molar-refractivity contribution < 1.29 is 48.5 Å². The van der Waals surface area contributed by atoms with Gasteiger partial charge in [0.05, 0.1) is 37.1 Å². The van der Waals surface area contributed by atoms with Crippen molar-refractivity contribution in [2.75, 3.05) is 13.7 Å². The van der Waals surface area contributed by atoms with E-state index < -0.39 is 96.7 Å². The minimum atomic E-state index is -1.23. The summed E-state index contributed by atoms with van der Waals surface area (Å²) in [5, 5.41) is 24.8. The third-order valence-electron chi connectivity index (χ3n) is 10.9. The molecule has 60 heavy (non-hydrogen) atoms. The first-order valence-electron chi connectivity index (χ1n) is 20.9. The summed E-state index contributed by atoms with van der Waals surface area (Å²) < 4.78 is 0. The zero-order chi connectivity index (χ0) is 45.3. The Morgan fingerprint density at radius 3 is 1.85 bits per heavy atom. The summed E-state index contributed by atoms with van der Waals surface area (Å²) in [4.78, 5) is 105. The van der Waals surface area contributed by atoms with Crippen LogP contribution in [0.15, 0.2) is 48.5 Å². The van der Waals surface area contributed by atoms with E-state index in [1.165, 1.54) is 38.2 Å². The van der Waals surface area contributed by atoms with Gasteiger partial charge in [0.15, 0.2) is 23.1 Å². The molecule has 0 radical (unpaired) electrons. The van der Waals surface area contributed by atoms with Crippen LogP contribution in [0.25, 0.3) is 11.1 Å². The van der Waals surface area contributed by atoms with Crippen molar-refractivity contribution in [2.24, 2.45) is 23.5 Å². The number of carbonyl (C=O) groups excluding carboxylic acids is 8. The Morgan fingerprint density at radius 1 is 0.750 bits per heavy atom. The second-order valence-electron chi connectivity index (χ2n) is 16.5. The van der Waals surface area contributed by atoms with Crippen molar-refractivity contribution in [3.05, 3.63) is 59.7 Å². The van der Waals surface area contributed by atoms with E-state index in [4.69, 9.17) is 5.73 Å². The molecule has 0 saturated carbocycles. The third-order valence-corrected chi connectivity index (χ3v) is 10.9. The van der Waals surface area contributed by atoms with Gasteiger partial charge in [-0.3, -0.25) is 38.4 Å². The molecule has 4 amide bonds. The first-order chi connectivity index (χ1) is 28.2. The number of nitrogens with two attached hydrogens (primary N) is 1. The van der Waals surface area contributed by atoms with E-state index in [9.17, 15) is 48.5 Å². The lowest BCUT2D eigenvalue weighted by Gasteiger charge is -2.31. The minimum Gasteiger partial charge on any atom is -0.450 e. The number of carbonyl (C=O) groups is 8. The second kappa shape index (κ2) is 24.9. The van der Waals surface area contributed by atoms with Gasteiger partial charge in [-0.05, 0) is 48.2 Å². The molecule has 2 aromatic rings. The average Bonchev–Trinajstić information content (AvgIpc) is 3.20. The van der Waals surface area contributed by atoms with Gasteiger partial charge < -0.3 is 31.4 Å². The van der Waals surface area contributed by atoms with Gasteiger partial charge in [-0.15, -0.1) is 0 Å². The Balaban J connectivity index is 1.94. The third kappa shape index (κ3) is 16.2. The maximum Gasteiger partial charge on any atom is 0.289 e. The zero-order valence-electron chi connectivity index (χ0n) is 36.5. The summed E-state index contributed by atoms with van der Waals surface area (Å²) in [5.74, 6) is -7.23. The summed E-state index contributed by atoms with van der Waals surface area (Å²) in [6.45, 7) is 10.3. The molecule has 328 valence electrons. The van der Waals surface area contributed by atoms with E-state index in [1.807, 2.05) is 24.3 Å². The van der Waals surface area contributed by atoms with Crippen LogP contribution < -0.4 is 16.4 Å². The van der Waals surface area contributed by atoms with Crippen LogP contribution in [0.3, 0.4) is 0 Å². The Labute approximate surface area is 354 Å². The van der Waals surface area contributed by atoms with Crippen LogP contribution in [-0.4, -0.2) is 100 Å².